The average Bonchev–Trinajstić information content (AvgIpc) is 2.88. The van der Waals surface area contributed by atoms with Crippen molar-refractivity contribution in [1.82, 2.24) is 15.4 Å². The van der Waals surface area contributed by atoms with E-state index in [0.717, 1.165) is 41.1 Å². The van der Waals surface area contributed by atoms with Crippen LogP contribution >= 0.6 is 0 Å². The summed E-state index contributed by atoms with van der Waals surface area (Å²) in [5.41, 5.74) is 3.21. The number of anilines is 1. The van der Waals surface area contributed by atoms with Gasteiger partial charge in [0.1, 0.15) is 5.69 Å². The van der Waals surface area contributed by atoms with Gasteiger partial charge < -0.3 is 9.84 Å². The summed E-state index contributed by atoms with van der Waals surface area (Å²) in [5.74, 6) is 0.736. The fourth-order valence-corrected chi connectivity index (χ4v) is 2.16. The first-order valence-electron chi connectivity index (χ1n) is 6.73. The van der Waals surface area contributed by atoms with Crippen molar-refractivity contribution >= 4 is 16.8 Å². The minimum Gasteiger partial charge on any atom is -0.368 e. The predicted octanol–water partition coefficient (Wildman–Crippen LogP) is 3.42. The number of benzene rings is 1. The van der Waals surface area contributed by atoms with Crippen LogP contribution in [-0.4, -0.2) is 21.9 Å². The average molecular weight is 268 g/mol. The van der Waals surface area contributed by atoms with Crippen LogP contribution in [0.2, 0.25) is 0 Å². The van der Waals surface area contributed by atoms with E-state index >= 15 is 0 Å². The monoisotopic (exact) mass is 268 g/mol. The molecule has 0 aliphatic rings. The molecule has 0 amide bonds. The molecule has 5 heteroatoms. The van der Waals surface area contributed by atoms with Gasteiger partial charge in [-0.3, -0.25) is 0 Å². The highest BCUT2D eigenvalue weighted by Gasteiger charge is 2.17. The van der Waals surface area contributed by atoms with E-state index in [-0.39, 0.29) is 0 Å². The summed E-state index contributed by atoms with van der Waals surface area (Å²) in [6, 6.07) is 9.88. The summed E-state index contributed by atoms with van der Waals surface area (Å²) < 4.78 is 5.46. The van der Waals surface area contributed by atoms with Crippen molar-refractivity contribution in [3.05, 3.63) is 36.0 Å². The van der Waals surface area contributed by atoms with Gasteiger partial charge in [-0.2, -0.15) is 0 Å². The van der Waals surface area contributed by atoms with Gasteiger partial charge in [0.05, 0.1) is 11.1 Å². The van der Waals surface area contributed by atoms with Crippen molar-refractivity contribution in [2.75, 3.05) is 11.9 Å². The van der Waals surface area contributed by atoms with Crippen LogP contribution in [0, 0.1) is 6.92 Å². The molecule has 0 atom stereocenters. The van der Waals surface area contributed by atoms with Crippen LogP contribution in [0.1, 0.15) is 19.0 Å². The molecule has 2 heterocycles. The van der Waals surface area contributed by atoms with E-state index in [1.165, 1.54) is 0 Å². The third-order valence-corrected chi connectivity index (χ3v) is 3.15. The van der Waals surface area contributed by atoms with Gasteiger partial charge in [-0.15, -0.1) is 10.2 Å². The van der Waals surface area contributed by atoms with Crippen LogP contribution in [0.5, 0.6) is 0 Å². The molecule has 0 spiro atoms. The number of nitrogens with one attached hydrogen (secondary N) is 1. The lowest BCUT2D eigenvalue weighted by Crippen LogP contribution is -2.04. The third-order valence-electron chi connectivity index (χ3n) is 3.15. The SMILES string of the molecule is CCCNc1nnc(-c2ccccc2)c2onc(C)c12. The second-order valence-corrected chi connectivity index (χ2v) is 4.66. The molecule has 1 N–H and O–H groups in total. The summed E-state index contributed by atoms with van der Waals surface area (Å²) in [4.78, 5) is 0. The first kappa shape index (κ1) is 12.6. The van der Waals surface area contributed by atoms with Crippen molar-refractivity contribution in [2.45, 2.75) is 20.3 Å². The Labute approximate surface area is 117 Å². The first-order valence-corrected chi connectivity index (χ1v) is 6.73. The molecule has 0 aliphatic heterocycles. The Balaban J connectivity index is 2.17. The van der Waals surface area contributed by atoms with Gasteiger partial charge in [-0.1, -0.05) is 42.4 Å². The number of aryl methyl sites for hydroxylation is 1. The number of hydrogen-bond donors (Lipinski definition) is 1. The lowest BCUT2D eigenvalue weighted by Gasteiger charge is -2.06. The molecule has 0 saturated carbocycles. The molecule has 3 aromatic rings. The van der Waals surface area contributed by atoms with E-state index in [0.29, 0.717) is 5.58 Å². The van der Waals surface area contributed by atoms with Gasteiger partial charge in [0.25, 0.3) is 0 Å². The van der Waals surface area contributed by atoms with Gasteiger partial charge in [-0.05, 0) is 13.3 Å². The third kappa shape index (κ3) is 2.11. The summed E-state index contributed by atoms with van der Waals surface area (Å²) in [6.45, 7) is 4.87. The molecule has 0 unspecified atom stereocenters. The fraction of sp³-hybridized carbons (Fsp3) is 0.267. The van der Waals surface area contributed by atoms with E-state index in [4.69, 9.17) is 4.52 Å². The number of nitrogens with zero attached hydrogens (tertiary/aromatic N) is 3. The minimum absolute atomic E-state index is 0.683. The van der Waals surface area contributed by atoms with Crippen LogP contribution in [-0.2, 0) is 0 Å². The van der Waals surface area contributed by atoms with Crippen molar-refractivity contribution in [3.8, 4) is 11.3 Å². The number of hydrogen-bond acceptors (Lipinski definition) is 5. The second kappa shape index (κ2) is 5.28. The van der Waals surface area contributed by atoms with Gasteiger partial charge in [0, 0.05) is 12.1 Å². The lowest BCUT2D eigenvalue weighted by molar-refractivity contribution is 0.450. The van der Waals surface area contributed by atoms with Crippen molar-refractivity contribution in [3.63, 3.8) is 0 Å². The fourth-order valence-electron chi connectivity index (χ4n) is 2.16. The van der Waals surface area contributed by atoms with Gasteiger partial charge >= 0.3 is 0 Å². The van der Waals surface area contributed by atoms with E-state index in [9.17, 15) is 0 Å². The Morgan fingerprint density at radius 1 is 1.15 bits per heavy atom. The highest BCUT2D eigenvalue weighted by Crippen LogP contribution is 2.31. The van der Waals surface area contributed by atoms with E-state index in [1.807, 2.05) is 37.3 Å². The number of rotatable bonds is 4. The zero-order valence-corrected chi connectivity index (χ0v) is 11.6. The molecule has 5 nitrogen and oxygen atoms in total. The molecule has 102 valence electrons. The molecule has 20 heavy (non-hydrogen) atoms. The Bertz CT molecular complexity index is 721. The summed E-state index contributed by atoms with van der Waals surface area (Å²) in [5, 5.41) is 16.8. The van der Waals surface area contributed by atoms with E-state index in [1.54, 1.807) is 0 Å². The largest absolute Gasteiger partial charge is 0.368 e. The van der Waals surface area contributed by atoms with Gasteiger partial charge in [0.2, 0.25) is 0 Å². The van der Waals surface area contributed by atoms with Crippen LogP contribution in [0.3, 0.4) is 0 Å². The van der Waals surface area contributed by atoms with E-state index < -0.39 is 0 Å². The lowest BCUT2D eigenvalue weighted by atomic mass is 10.1. The maximum Gasteiger partial charge on any atom is 0.198 e. The maximum absolute atomic E-state index is 5.46. The zero-order valence-electron chi connectivity index (χ0n) is 11.6. The summed E-state index contributed by atoms with van der Waals surface area (Å²) in [7, 11) is 0. The van der Waals surface area contributed by atoms with Gasteiger partial charge in [-0.25, -0.2) is 0 Å². The van der Waals surface area contributed by atoms with Crippen LogP contribution < -0.4 is 5.32 Å². The Hall–Kier alpha value is -2.43. The maximum atomic E-state index is 5.46. The summed E-state index contributed by atoms with van der Waals surface area (Å²) >= 11 is 0. The van der Waals surface area contributed by atoms with Crippen molar-refractivity contribution in [1.29, 1.82) is 0 Å². The molecule has 0 radical (unpaired) electrons. The normalized spacial score (nSPS) is 10.9. The molecular formula is C15H16N4O. The second-order valence-electron chi connectivity index (χ2n) is 4.66. The molecule has 0 aliphatic carbocycles. The summed E-state index contributed by atoms with van der Waals surface area (Å²) in [6.07, 6.45) is 1.02. The topological polar surface area (TPSA) is 63.8 Å². The number of aromatic nitrogens is 3. The quantitative estimate of drug-likeness (QED) is 0.785. The Morgan fingerprint density at radius 3 is 2.70 bits per heavy atom. The van der Waals surface area contributed by atoms with Crippen molar-refractivity contribution < 1.29 is 4.52 Å². The molecule has 3 rings (SSSR count). The molecular weight excluding hydrogens is 252 g/mol. The smallest absolute Gasteiger partial charge is 0.198 e. The zero-order chi connectivity index (χ0) is 13.9. The van der Waals surface area contributed by atoms with Crippen molar-refractivity contribution in [2.24, 2.45) is 0 Å². The standard InChI is InChI=1S/C15H16N4O/c1-3-9-16-15-12-10(2)19-20-14(12)13(17-18-15)11-7-5-4-6-8-11/h4-8H,3,9H2,1-2H3,(H,16,18). The molecule has 1 aromatic carbocycles. The Morgan fingerprint density at radius 2 is 1.95 bits per heavy atom. The van der Waals surface area contributed by atoms with E-state index in [2.05, 4.69) is 27.6 Å². The molecule has 2 aromatic heterocycles. The highest BCUT2D eigenvalue weighted by molar-refractivity contribution is 5.97. The first-order chi connectivity index (χ1) is 9.81. The predicted molar refractivity (Wildman–Crippen MR) is 78.6 cm³/mol. The molecule has 0 saturated heterocycles. The van der Waals surface area contributed by atoms with Crippen LogP contribution in [0.15, 0.2) is 34.9 Å². The highest BCUT2D eigenvalue weighted by atomic mass is 16.5. The van der Waals surface area contributed by atoms with Crippen LogP contribution in [0.25, 0.3) is 22.2 Å². The minimum atomic E-state index is 0.683. The Kier molecular flexibility index (Phi) is 3.33. The molecule has 0 fully saturated rings. The number of fused-ring (bicyclic) bond motifs is 1. The van der Waals surface area contributed by atoms with Gasteiger partial charge in [0.15, 0.2) is 11.4 Å². The molecule has 0 bridgehead atoms. The van der Waals surface area contributed by atoms with Crippen LogP contribution in [0.4, 0.5) is 5.82 Å².